The Hall–Kier alpha value is -12.9. The lowest BCUT2D eigenvalue weighted by Crippen LogP contribution is -2.26. The van der Waals surface area contributed by atoms with Gasteiger partial charge < -0.3 is 9.80 Å². The molecule has 7 aliphatic carbocycles. The Labute approximate surface area is 639 Å². The van der Waals surface area contributed by atoms with Crippen molar-refractivity contribution in [3.8, 4) is 89.0 Å². The average molecular weight is 1390 g/mol. The van der Waals surface area contributed by atoms with Gasteiger partial charge in [-0.05, 0) is 240 Å². The Bertz CT molecular complexity index is 6300. The minimum atomic E-state index is -0.413. The van der Waals surface area contributed by atoms with Gasteiger partial charge in [0.15, 0.2) is 0 Å². The fourth-order valence-electron chi connectivity index (χ4n) is 21.3. The average Bonchev–Trinajstić information content (AvgIpc) is 1.51. The molecule has 109 heavy (non-hydrogen) atoms. The van der Waals surface area contributed by atoms with E-state index in [1.165, 1.54) is 184 Å². The molecule has 16 aromatic rings. The summed E-state index contributed by atoms with van der Waals surface area (Å²) in [6.07, 6.45) is 0. The standard InChI is InChI=1S/C55H41N.C52H37N/c1-53(2)45-20-10-5-15-37(45)42-28-25-34(31-50(42)53)56(35-26-29-43-38-16-6-11-21-46(38)54(3,4)51(43)32-35)36-27-30-44-41-19-9-14-24-49(41)55(52(44)33-36)47-22-12-7-17-39(47)40-18-8-13-23-48(40)55;1-51(2)45-20-10-6-16-39(45)43-30-28-37(32-49(43)51)53(36-26-24-35(25-27-36)34-14-4-3-5-15-34)38-29-31-44-42-19-9-13-23-48(42)52(50(44)33-38)46-21-11-7-17-40(46)41-18-8-12-22-47(41)52/h5-33H,1-4H3;3-33H,1-2H3. The first-order chi connectivity index (χ1) is 53.3. The Balaban J connectivity index is 0.000000135. The second-order valence-corrected chi connectivity index (χ2v) is 32.5. The molecule has 2 heteroatoms. The summed E-state index contributed by atoms with van der Waals surface area (Å²) >= 11 is 0. The zero-order valence-corrected chi connectivity index (χ0v) is 62.0. The van der Waals surface area contributed by atoms with E-state index < -0.39 is 10.8 Å². The van der Waals surface area contributed by atoms with Crippen LogP contribution in [-0.4, -0.2) is 0 Å². The van der Waals surface area contributed by atoms with Crippen molar-refractivity contribution < 1.29 is 0 Å². The highest BCUT2D eigenvalue weighted by molar-refractivity contribution is 6.00. The fraction of sp³-hybridized carbons (Fsp3) is 0.103. The van der Waals surface area contributed by atoms with E-state index in [2.05, 4.69) is 415 Å². The molecule has 0 N–H and O–H groups in total. The molecule has 16 aromatic carbocycles. The van der Waals surface area contributed by atoms with Crippen LogP contribution < -0.4 is 9.80 Å². The summed E-state index contributed by atoms with van der Waals surface area (Å²) in [5.74, 6) is 0. The van der Waals surface area contributed by atoms with Crippen molar-refractivity contribution in [2.45, 2.75) is 68.6 Å². The predicted molar refractivity (Wildman–Crippen MR) is 453 cm³/mol. The van der Waals surface area contributed by atoms with Crippen molar-refractivity contribution in [2.75, 3.05) is 9.80 Å². The van der Waals surface area contributed by atoms with Crippen LogP contribution in [0, 0.1) is 0 Å². The van der Waals surface area contributed by atoms with Crippen LogP contribution in [0.25, 0.3) is 89.0 Å². The maximum Gasteiger partial charge on any atom is 0.0726 e. The first-order valence-corrected chi connectivity index (χ1v) is 38.7. The first-order valence-electron chi connectivity index (χ1n) is 38.7. The van der Waals surface area contributed by atoms with Crippen LogP contribution in [0.1, 0.15) is 119 Å². The van der Waals surface area contributed by atoms with Gasteiger partial charge in [0.25, 0.3) is 0 Å². The topological polar surface area (TPSA) is 6.48 Å². The molecule has 0 saturated carbocycles. The SMILES string of the molecule is CC1(C)c2ccccc2-c2ccc(N(c3ccc(-c4ccccc4)cc3)c3ccc4c(c3)C3(c5ccccc5-c5ccccc53)c3ccccc3-4)cc21.CC1(C)c2ccccc2-c2ccc(N(c3ccc4c(c3)C(C)(C)c3ccccc3-4)c3ccc4c(c3)C3(c5ccccc5-c5ccccc53)c3ccccc3-4)cc21. The molecule has 0 heterocycles. The van der Waals surface area contributed by atoms with E-state index in [-0.39, 0.29) is 16.2 Å². The first kappa shape index (κ1) is 63.4. The highest BCUT2D eigenvalue weighted by atomic mass is 15.1. The van der Waals surface area contributed by atoms with Gasteiger partial charge in [-0.25, -0.2) is 0 Å². The quantitative estimate of drug-likeness (QED) is 0.157. The van der Waals surface area contributed by atoms with Crippen molar-refractivity contribution in [3.63, 3.8) is 0 Å². The lowest BCUT2D eigenvalue weighted by Gasteiger charge is -2.33. The summed E-state index contributed by atoms with van der Waals surface area (Å²) < 4.78 is 0. The van der Waals surface area contributed by atoms with Crippen molar-refractivity contribution >= 4 is 34.1 Å². The largest absolute Gasteiger partial charge is 0.310 e. The highest BCUT2D eigenvalue weighted by Crippen LogP contribution is 2.66. The summed E-state index contributed by atoms with van der Waals surface area (Å²) in [5.41, 5.74) is 46.0. The molecule has 2 nitrogen and oxygen atoms in total. The molecule has 0 aromatic heterocycles. The van der Waals surface area contributed by atoms with Crippen molar-refractivity contribution in [1.82, 2.24) is 0 Å². The van der Waals surface area contributed by atoms with Crippen LogP contribution in [0.15, 0.2) is 364 Å². The number of anilines is 6. The van der Waals surface area contributed by atoms with Crippen molar-refractivity contribution in [1.29, 1.82) is 0 Å². The van der Waals surface area contributed by atoms with Gasteiger partial charge >= 0.3 is 0 Å². The van der Waals surface area contributed by atoms with E-state index in [0.717, 1.165) is 17.1 Å². The van der Waals surface area contributed by atoms with E-state index in [4.69, 9.17) is 0 Å². The molecule has 0 saturated heterocycles. The van der Waals surface area contributed by atoms with Crippen LogP contribution >= 0.6 is 0 Å². The molecule has 516 valence electrons. The zero-order chi connectivity index (χ0) is 72.9. The summed E-state index contributed by atoms with van der Waals surface area (Å²) in [5, 5.41) is 0. The van der Waals surface area contributed by atoms with Crippen LogP contribution in [0.4, 0.5) is 34.1 Å². The van der Waals surface area contributed by atoms with Crippen LogP contribution in [0.5, 0.6) is 0 Å². The zero-order valence-electron chi connectivity index (χ0n) is 62.0. The molecule has 0 fully saturated rings. The second kappa shape index (κ2) is 23.1. The summed E-state index contributed by atoms with van der Waals surface area (Å²) in [4.78, 5) is 5.00. The lowest BCUT2D eigenvalue weighted by atomic mass is 9.70. The van der Waals surface area contributed by atoms with Gasteiger partial charge in [-0.15, -0.1) is 0 Å². The minimum absolute atomic E-state index is 0.105. The van der Waals surface area contributed by atoms with Gasteiger partial charge in [0, 0.05) is 50.4 Å². The Morgan fingerprint density at radius 2 is 0.330 bits per heavy atom. The summed E-state index contributed by atoms with van der Waals surface area (Å²) in [7, 11) is 0. The van der Waals surface area contributed by atoms with E-state index in [1.54, 1.807) is 0 Å². The van der Waals surface area contributed by atoms with Gasteiger partial charge in [-0.2, -0.15) is 0 Å². The van der Waals surface area contributed by atoms with Crippen LogP contribution in [0.2, 0.25) is 0 Å². The molecule has 0 amide bonds. The van der Waals surface area contributed by atoms with Gasteiger partial charge in [0.2, 0.25) is 0 Å². The number of benzene rings is 16. The van der Waals surface area contributed by atoms with E-state index in [1.807, 2.05) is 0 Å². The smallest absolute Gasteiger partial charge is 0.0726 e. The van der Waals surface area contributed by atoms with Gasteiger partial charge in [0.1, 0.15) is 0 Å². The number of hydrogen-bond donors (Lipinski definition) is 0. The monoisotopic (exact) mass is 1390 g/mol. The third-order valence-corrected chi connectivity index (χ3v) is 26.2. The van der Waals surface area contributed by atoms with E-state index >= 15 is 0 Å². The van der Waals surface area contributed by atoms with Crippen LogP contribution in [0.3, 0.4) is 0 Å². The fourth-order valence-corrected chi connectivity index (χ4v) is 21.3. The number of hydrogen-bond acceptors (Lipinski definition) is 2. The molecule has 0 radical (unpaired) electrons. The molecular formula is C107H78N2. The maximum atomic E-state index is 2.53. The summed E-state index contributed by atoms with van der Waals surface area (Å²) in [6.45, 7) is 14.3. The molecule has 0 aliphatic heterocycles. The maximum absolute atomic E-state index is 2.53. The van der Waals surface area contributed by atoms with E-state index in [0.29, 0.717) is 0 Å². The van der Waals surface area contributed by atoms with Gasteiger partial charge in [-0.1, -0.05) is 333 Å². The molecular weight excluding hydrogens is 1310 g/mol. The Morgan fingerprint density at radius 1 is 0.147 bits per heavy atom. The van der Waals surface area contributed by atoms with Crippen molar-refractivity contribution in [2.24, 2.45) is 0 Å². The van der Waals surface area contributed by atoms with Crippen molar-refractivity contribution in [3.05, 3.63) is 442 Å². The number of nitrogens with zero attached hydrogens (tertiary/aromatic N) is 2. The van der Waals surface area contributed by atoms with E-state index in [9.17, 15) is 0 Å². The third-order valence-electron chi connectivity index (χ3n) is 26.2. The third kappa shape index (κ3) is 8.63. The number of fused-ring (bicyclic) bond motifs is 29. The second-order valence-electron chi connectivity index (χ2n) is 32.5. The normalized spacial score (nSPS) is 15.2. The lowest BCUT2D eigenvalue weighted by molar-refractivity contribution is 0.660. The Morgan fingerprint density at radius 3 is 0.606 bits per heavy atom. The molecule has 0 bridgehead atoms. The minimum Gasteiger partial charge on any atom is -0.310 e. The predicted octanol–water partition coefficient (Wildman–Crippen LogP) is 27.6. The molecule has 2 spiro atoms. The summed E-state index contributed by atoms with van der Waals surface area (Å²) in [6, 6.07) is 137. The molecule has 23 rings (SSSR count). The number of rotatable bonds is 7. The molecule has 0 unspecified atom stereocenters. The Kier molecular flexibility index (Phi) is 13.4. The highest BCUT2D eigenvalue weighted by Gasteiger charge is 2.54. The van der Waals surface area contributed by atoms with Gasteiger partial charge in [0.05, 0.1) is 10.8 Å². The van der Waals surface area contributed by atoms with Crippen LogP contribution in [-0.2, 0) is 27.1 Å². The van der Waals surface area contributed by atoms with Gasteiger partial charge in [-0.3, -0.25) is 0 Å². The molecule has 7 aliphatic rings. The molecule has 0 atom stereocenters.